The van der Waals surface area contributed by atoms with E-state index in [1.165, 1.54) is 0 Å². The van der Waals surface area contributed by atoms with Crippen molar-refractivity contribution in [3.05, 3.63) is 0 Å². The van der Waals surface area contributed by atoms with Crippen molar-refractivity contribution in [3.63, 3.8) is 0 Å². The molecule has 0 spiro atoms. The molecule has 2 heteroatoms. The maximum Gasteiger partial charge on any atom is 0.0653 e. The lowest BCUT2D eigenvalue weighted by atomic mass is 10.1. The highest BCUT2D eigenvalue weighted by molar-refractivity contribution is 9.09. The van der Waals surface area contributed by atoms with E-state index >= 15 is 0 Å². The zero-order valence-electron chi connectivity index (χ0n) is 5.19. The van der Waals surface area contributed by atoms with Gasteiger partial charge in [0.2, 0.25) is 0 Å². The first-order chi connectivity index (χ1) is 3.66. The van der Waals surface area contributed by atoms with Gasteiger partial charge in [0.1, 0.15) is 0 Å². The summed E-state index contributed by atoms with van der Waals surface area (Å²) in [6.45, 7) is 3.98. The predicted molar refractivity (Wildman–Crippen MR) is 37.8 cm³/mol. The topological polar surface area (TPSA) is 23.8 Å². The second kappa shape index (κ2) is 3.91. The molecule has 0 aromatic rings. The van der Waals surface area contributed by atoms with Crippen LogP contribution in [-0.4, -0.2) is 4.83 Å². The third-order valence-electron chi connectivity index (χ3n) is 0.899. The van der Waals surface area contributed by atoms with Crippen molar-refractivity contribution >= 4 is 15.9 Å². The molecule has 0 amide bonds. The van der Waals surface area contributed by atoms with Gasteiger partial charge in [0.05, 0.1) is 6.07 Å². The van der Waals surface area contributed by atoms with Gasteiger partial charge in [0.15, 0.2) is 0 Å². The minimum atomic E-state index is 0.185. The number of hydrogen-bond donors (Lipinski definition) is 0. The molecule has 1 nitrogen and oxygen atoms in total. The molecule has 0 saturated heterocycles. The fourth-order valence-corrected chi connectivity index (χ4v) is 1.10. The SMILES string of the molecule is C[C@H](Br)C[C@H](C)C#N. The van der Waals surface area contributed by atoms with Crippen molar-refractivity contribution in [3.8, 4) is 6.07 Å². The first kappa shape index (κ1) is 7.97. The zero-order valence-corrected chi connectivity index (χ0v) is 6.77. The molecule has 2 atom stereocenters. The maximum atomic E-state index is 8.31. The summed E-state index contributed by atoms with van der Waals surface area (Å²) in [6, 6.07) is 2.17. The molecular weight excluding hydrogens is 166 g/mol. The second-order valence-electron chi connectivity index (χ2n) is 2.05. The lowest BCUT2D eigenvalue weighted by Crippen LogP contribution is -1.97. The van der Waals surface area contributed by atoms with Crippen LogP contribution in [-0.2, 0) is 0 Å². The molecule has 46 valence electrons. The molecule has 0 unspecified atom stereocenters. The second-order valence-corrected chi connectivity index (χ2v) is 3.61. The molecule has 8 heavy (non-hydrogen) atoms. The van der Waals surface area contributed by atoms with Gasteiger partial charge in [-0.15, -0.1) is 0 Å². The number of halogens is 1. The molecule has 0 heterocycles. The van der Waals surface area contributed by atoms with Crippen LogP contribution in [0.25, 0.3) is 0 Å². The standard InChI is InChI=1S/C6H10BrN/c1-5(4-8)3-6(2)7/h5-6H,3H2,1-2H3/t5-,6-/m0/s1. The Morgan fingerprint density at radius 2 is 2.12 bits per heavy atom. The smallest absolute Gasteiger partial charge is 0.0653 e. The highest BCUT2D eigenvalue weighted by Gasteiger charge is 2.02. The monoisotopic (exact) mass is 175 g/mol. The van der Waals surface area contributed by atoms with Gasteiger partial charge in [-0.3, -0.25) is 0 Å². The Morgan fingerprint density at radius 1 is 1.62 bits per heavy atom. The fourth-order valence-electron chi connectivity index (χ4n) is 0.540. The van der Waals surface area contributed by atoms with Gasteiger partial charge in [-0.25, -0.2) is 0 Å². The zero-order chi connectivity index (χ0) is 6.57. The van der Waals surface area contributed by atoms with Gasteiger partial charge in [-0.1, -0.05) is 22.9 Å². The normalized spacial score (nSPS) is 16.8. The number of nitrogens with zero attached hydrogens (tertiary/aromatic N) is 1. The van der Waals surface area contributed by atoms with Crippen LogP contribution in [0.2, 0.25) is 0 Å². The minimum Gasteiger partial charge on any atom is -0.198 e. The van der Waals surface area contributed by atoms with E-state index in [2.05, 4.69) is 22.0 Å². The van der Waals surface area contributed by atoms with E-state index in [9.17, 15) is 0 Å². The Morgan fingerprint density at radius 3 is 2.25 bits per heavy atom. The first-order valence-electron chi connectivity index (χ1n) is 2.70. The largest absolute Gasteiger partial charge is 0.198 e. The van der Waals surface area contributed by atoms with Gasteiger partial charge < -0.3 is 0 Å². The van der Waals surface area contributed by atoms with E-state index in [1.807, 2.05) is 13.8 Å². The van der Waals surface area contributed by atoms with Gasteiger partial charge in [0, 0.05) is 10.7 Å². The summed E-state index contributed by atoms with van der Waals surface area (Å²) in [4.78, 5) is 0.470. The lowest BCUT2D eigenvalue weighted by Gasteiger charge is -2.01. The fraction of sp³-hybridized carbons (Fsp3) is 0.833. The summed E-state index contributed by atoms with van der Waals surface area (Å²) in [7, 11) is 0. The molecule has 0 aliphatic rings. The summed E-state index contributed by atoms with van der Waals surface area (Å²) < 4.78 is 0. The molecule has 0 aromatic carbocycles. The average molecular weight is 176 g/mol. The van der Waals surface area contributed by atoms with Crippen LogP contribution in [0.4, 0.5) is 0 Å². The molecule has 0 N–H and O–H groups in total. The van der Waals surface area contributed by atoms with Crippen molar-refractivity contribution in [2.75, 3.05) is 0 Å². The quantitative estimate of drug-likeness (QED) is 0.592. The molecular formula is C6H10BrN. The van der Waals surface area contributed by atoms with Crippen molar-refractivity contribution in [1.29, 1.82) is 5.26 Å². The predicted octanol–water partition coefficient (Wildman–Crippen LogP) is 2.32. The van der Waals surface area contributed by atoms with Crippen molar-refractivity contribution in [2.45, 2.75) is 25.1 Å². The molecule has 0 aromatic heterocycles. The molecule has 0 radical (unpaired) electrons. The molecule has 0 bridgehead atoms. The van der Waals surface area contributed by atoms with Crippen LogP contribution >= 0.6 is 15.9 Å². The summed E-state index contributed by atoms with van der Waals surface area (Å²) in [6.07, 6.45) is 0.941. The van der Waals surface area contributed by atoms with Crippen LogP contribution in [0, 0.1) is 17.2 Å². The number of hydrogen-bond acceptors (Lipinski definition) is 1. The van der Waals surface area contributed by atoms with Crippen LogP contribution in [0.5, 0.6) is 0 Å². The van der Waals surface area contributed by atoms with E-state index in [1.54, 1.807) is 0 Å². The molecule has 0 aliphatic heterocycles. The van der Waals surface area contributed by atoms with Crippen molar-refractivity contribution in [1.82, 2.24) is 0 Å². The number of alkyl halides is 1. The van der Waals surface area contributed by atoms with Crippen LogP contribution in [0.3, 0.4) is 0 Å². The van der Waals surface area contributed by atoms with E-state index < -0.39 is 0 Å². The Labute approximate surface area is 58.8 Å². The van der Waals surface area contributed by atoms with Gasteiger partial charge in [-0.2, -0.15) is 5.26 Å². The molecule has 0 aliphatic carbocycles. The van der Waals surface area contributed by atoms with E-state index in [-0.39, 0.29) is 5.92 Å². The van der Waals surface area contributed by atoms with E-state index in [4.69, 9.17) is 5.26 Å². The first-order valence-corrected chi connectivity index (χ1v) is 3.62. The van der Waals surface area contributed by atoms with Crippen molar-refractivity contribution < 1.29 is 0 Å². The van der Waals surface area contributed by atoms with Gasteiger partial charge >= 0.3 is 0 Å². The Hall–Kier alpha value is -0.0300. The summed E-state index contributed by atoms with van der Waals surface area (Å²) >= 11 is 3.36. The van der Waals surface area contributed by atoms with Crippen LogP contribution in [0.15, 0.2) is 0 Å². The van der Waals surface area contributed by atoms with Gasteiger partial charge in [-0.05, 0) is 13.3 Å². The number of nitriles is 1. The van der Waals surface area contributed by atoms with Gasteiger partial charge in [0.25, 0.3) is 0 Å². The molecule has 0 fully saturated rings. The minimum absolute atomic E-state index is 0.185. The average Bonchev–Trinajstić information content (AvgIpc) is 1.65. The summed E-state index contributed by atoms with van der Waals surface area (Å²) in [5, 5.41) is 8.31. The third kappa shape index (κ3) is 4.14. The molecule has 0 saturated carbocycles. The summed E-state index contributed by atoms with van der Waals surface area (Å²) in [5.41, 5.74) is 0. The highest BCUT2D eigenvalue weighted by atomic mass is 79.9. The third-order valence-corrected chi connectivity index (χ3v) is 1.27. The Kier molecular flexibility index (Phi) is 3.90. The maximum absolute atomic E-state index is 8.31. The Bertz CT molecular complexity index is 93.2. The Balaban J connectivity index is 3.28. The van der Waals surface area contributed by atoms with Crippen LogP contribution < -0.4 is 0 Å². The summed E-state index contributed by atoms with van der Waals surface area (Å²) in [5.74, 6) is 0.185. The van der Waals surface area contributed by atoms with Crippen LogP contribution in [0.1, 0.15) is 20.3 Å². The highest BCUT2D eigenvalue weighted by Crippen LogP contribution is 2.10. The lowest BCUT2D eigenvalue weighted by molar-refractivity contribution is 0.663. The number of rotatable bonds is 2. The van der Waals surface area contributed by atoms with Crippen molar-refractivity contribution in [2.24, 2.45) is 5.92 Å². The van der Waals surface area contributed by atoms with E-state index in [0.717, 1.165) is 6.42 Å². The van der Waals surface area contributed by atoms with E-state index in [0.29, 0.717) is 4.83 Å². The molecule has 0 rings (SSSR count).